The first-order chi connectivity index (χ1) is 16.0. The molecule has 182 valence electrons. The fourth-order valence-electron chi connectivity index (χ4n) is 5.04. The van der Waals surface area contributed by atoms with Crippen LogP contribution in [0, 0.1) is 24.2 Å². The van der Waals surface area contributed by atoms with Crippen molar-refractivity contribution in [1.82, 2.24) is 4.90 Å². The number of rotatable bonds is 4. The highest BCUT2D eigenvalue weighted by atomic mass is 32.1. The Balaban J connectivity index is 1.64. The molecule has 2 heterocycles. The van der Waals surface area contributed by atoms with E-state index in [2.05, 4.69) is 26.1 Å². The zero-order chi connectivity index (χ0) is 24.6. The molecule has 1 aliphatic carbocycles. The number of likely N-dealkylation sites (tertiary alicyclic amines) is 1. The number of benzene rings is 1. The van der Waals surface area contributed by atoms with E-state index >= 15 is 0 Å². The van der Waals surface area contributed by atoms with Crippen molar-refractivity contribution < 1.29 is 14.4 Å². The summed E-state index contributed by atoms with van der Waals surface area (Å²) in [5, 5.41) is 3.71. The van der Waals surface area contributed by atoms with Gasteiger partial charge in [-0.3, -0.25) is 14.4 Å². The molecule has 1 aromatic heterocycles. The van der Waals surface area contributed by atoms with Crippen molar-refractivity contribution in [2.75, 3.05) is 18.4 Å². The van der Waals surface area contributed by atoms with Gasteiger partial charge in [-0.25, -0.2) is 0 Å². The number of anilines is 1. The molecule has 0 bridgehead atoms. The van der Waals surface area contributed by atoms with Gasteiger partial charge in [0.1, 0.15) is 5.00 Å². The smallest absolute Gasteiger partial charge is 0.257 e. The van der Waals surface area contributed by atoms with E-state index in [1.165, 1.54) is 4.88 Å². The summed E-state index contributed by atoms with van der Waals surface area (Å²) in [5.41, 5.74) is 9.06. The number of piperidine rings is 1. The third kappa shape index (κ3) is 5.04. The molecule has 1 saturated heterocycles. The molecule has 2 aliphatic rings. The van der Waals surface area contributed by atoms with E-state index in [4.69, 9.17) is 5.73 Å². The first-order valence-electron chi connectivity index (χ1n) is 12.2. The Hall–Kier alpha value is -2.67. The topological polar surface area (TPSA) is 92.5 Å². The lowest BCUT2D eigenvalue weighted by atomic mass is 9.72. The number of nitrogens with zero attached hydrogens (tertiary/aromatic N) is 1. The molecule has 2 aromatic rings. The fourth-order valence-corrected chi connectivity index (χ4v) is 6.36. The van der Waals surface area contributed by atoms with Gasteiger partial charge < -0.3 is 16.0 Å². The number of fused-ring (bicyclic) bond motifs is 1. The molecule has 0 spiro atoms. The van der Waals surface area contributed by atoms with Gasteiger partial charge in [-0.05, 0) is 68.1 Å². The molecular formula is C27H35N3O3S. The van der Waals surface area contributed by atoms with Crippen molar-refractivity contribution in [2.45, 2.75) is 59.8 Å². The molecule has 1 aromatic carbocycles. The SMILES string of the molecule is Cc1ccc(C(=O)Nc2sc3c(c2C(=O)N2CCC(C(N)=O)CC2)CCC(C(C)(C)C)C3)cc1. The van der Waals surface area contributed by atoms with Crippen molar-refractivity contribution in [3.63, 3.8) is 0 Å². The van der Waals surface area contributed by atoms with Crippen LogP contribution in [0.25, 0.3) is 0 Å². The second-order valence-corrected chi connectivity index (χ2v) is 11.9. The van der Waals surface area contributed by atoms with Gasteiger partial charge in [-0.1, -0.05) is 38.5 Å². The number of thiophene rings is 1. The van der Waals surface area contributed by atoms with Crippen LogP contribution >= 0.6 is 11.3 Å². The molecule has 1 fully saturated rings. The minimum atomic E-state index is -0.292. The van der Waals surface area contributed by atoms with Crippen molar-refractivity contribution in [3.8, 4) is 0 Å². The van der Waals surface area contributed by atoms with Gasteiger partial charge in [0.25, 0.3) is 11.8 Å². The Kier molecular flexibility index (Phi) is 6.85. The van der Waals surface area contributed by atoms with Gasteiger partial charge in [0, 0.05) is 29.4 Å². The Bertz CT molecular complexity index is 1090. The van der Waals surface area contributed by atoms with Gasteiger partial charge in [0.15, 0.2) is 0 Å². The van der Waals surface area contributed by atoms with Gasteiger partial charge in [0.05, 0.1) is 5.56 Å². The molecule has 1 unspecified atom stereocenters. The van der Waals surface area contributed by atoms with Crippen molar-refractivity contribution in [3.05, 3.63) is 51.4 Å². The summed E-state index contributed by atoms with van der Waals surface area (Å²) in [6.07, 6.45) is 3.97. The van der Waals surface area contributed by atoms with Gasteiger partial charge in [0.2, 0.25) is 5.91 Å². The second-order valence-electron chi connectivity index (χ2n) is 10.8. The molecule has 0 radical (unpaired) electrons. The van der Waals surface area contributed by atoms with E-state index in [-0.39, 0.29) is 29.1 Å². The summed E-state index contributed by atoms with van der Waals surface area (Å²) in [5.74, 6) is -0.178. The Labute approximate surface area is 205 Å². The Morgan fingerprint density at radius 3 is 2.29 bits per heavy atom. The molecule has 4 rings (SSSR count). The maximum Gasteiger partial charge on any atom is 0.257 e. The molecule has 34 heavy (non-hydrogen) atoms. The monoisotopic (exact) mass is 481 g/mol. The number of hydrogen-bond donors (Lipinski definition) is 2. The number of aryl methyl sites for hydroxylation is 1. The summed E-state index contributed by atoms with van der Waals surface area (Å²) >= 11 is 1.55. The predicted molar refractivity (Wildman–Crippen MR) is 136 cm³/mol. The van der Waals surface area contributed by atoms with Crippen LogP contribution in [0.2, 0.25) is 0 Å². The molecule has 0 saturated carbocycles. The van der Waals surface area contributed by atoms with Crippen LogP contribution in [0.15, 0.2) is 24.3 Å². The molecule has 6 nitrogen and oxygen atoms in total. The minimum Gasteiger partial charge on any atom is -0.369 e. The Morgan fingerprint density at radius 1 is 1.06 bits per heavy atom. The number of primary amides is 1. The molecular weight excluding hydrogens is 446 g/mol. The number of nitrogens with two attached hydrogens (primary N) is 1. The highest BCUT2D eigenvalue weighted by Gasteiger charge is 2.36. The Morgan fingerprint density at radius 2 is 1.71 bits per heavy atom. The molecule has 7 heteroatoms. The van der Waals surface area contributed by atoms with Crippen molar-refractivity contribution >= 4 is 34.1 Å². The minimum absolute atomic E-state index is 0.0474. The molecule has 1 aliphatic heterocycles. The third-order valence-electron chi connectivity index (χ3n) is 7.43. The van der Waals surface area contributed by atoms with Crippen LogP contribution in [0.3, 0.4) is 0 Å². The number of nitrogens with one attached hydrogen (secondary N) is 1. The fraction of sp³-hybridized carbons (Fsp3) is 0.519. The van der Waals surface area contributed by atoms with Crippen LogP contribution in [0.5, 0.6) is 0 Å². The maximum atomic E-state index is 13.7. The van der Waals surface area contributed by atoms with E-state index < -0.39 is 0 Å². The van der Waals surface area contributed by atoms with Crippen LogP contribution < -0.4 is 11.1 Å². The first-order valence-corrected chi connectivity index (χ1v) is 13.0. The maximum absolute atomic E-state index is 13.7. The second kappa shape index (κ2) is 9.53. The van der Waals surface area contributed by atoms with Crippen LogP contribution in [0.1, 0.15) is 76.8 Å². The summed E-state index contributed by atoms with van der Waals surface area (Å²) in [6.45, 7) is 9.81. The van der Waals surface area contributed by atoms with E-state index in [9.17, 15) is 14.4 Å². The van der Waals surface area contributed by atoms with E-state index in [1.807, 2.05) is 36.1 Å². The zero-order valence-electron chi connectivity index (χ0n) is 20.6. The number of carbonyl (C=O) groups is 3. The van der Waals surface area contributed by atoms with Crippen LogP contribution in [-0.2, 0) is 17.6 Å². The van der Waals surface area contributed by atoms with E-state index in [0.717, 1.165) is 30.4 Å². The quantitative estimate of drug-likeness (QED) is 0.657. The lowest BCUT2D eigenvalue weighted by Gasteiger charge is -2.34. The predicted octanol–water partition coefficient (Wildman–Crippen LogP) is 4.80. The highest BCUT2D eigenvalue weighted by molar-refractivity contribution is 7.17. The lowest BCUT2D eigenvalue weighted by Crippen LogP contribution is -2.42. The molecule has 1 atom stereocenters. The average molecular weight is 482 g/mol. The van der Waals surface area contributed by atoms with Crippen LogP contribution in [-0.4, -0.2) is 35.7 Å². The number of amides is 3. The summed E-state index contributed by atoms with van der Waals surface area (Å²) in [7, 11) is 0. The molecule has 3 N–H and O–H groups in total. The summed E-state index contributed by atoms with van der Waals surface area (Å²) in [4.78, 5) is 41.4. The first kappa shape index (κ1) is 24.5. The normalized spacial score (nSPS) is 18.9. The van der Waals surface area contributed by atoms with Crippen molar-refractivity contribution in [1.29, 1.82) is 0 Å². The van der Waals surface area contributed by atoms with Gasteiger partial charge >= 0.3 is 0 Å². The summed E-state index contributed by atoms with van der Waals surface area (Å²) in [6, 6.07) is 7.45. The zero-order valence-corrected chi connectivity index (χ0v) is 21.4. The lowest BCUT2D eigenvalue weighted by molar-refractivity contribution is -0.123. The van der Waals surface area contributed by atoms with Gasteiger partial charge in [-0.2, -0.15) is 0 Å². The largest absolute Gasteiger partial charge is 0.369 e. The van der Waals surface area contributed by atoms with E-state index in [0.29, 0.717) is 48.0 Å². The third-order valence-corrected chi connectivity index (χ3v) is 8.60. The molecule has 3 amide bonds. The standard InChI is InChI=1S/C27H35N3O3S/c1-16-5-7-18(8-6-16)24(32)29-25-22(26(33)30-13-11-17(12-14-30)23(28)31)20-10-9-19(27(2,3)4)15-21(20)34-25/h5-8,17,19H,9-15H2,1-4H3,(H2,28,31)(H,29,32). The van der Waals surface area contributed by atoms with Gasteiger partial charge in [-0.15, -0.1) is 11.3 Å². The summed E-state index contributed by atoms with van der Waals surface area (Å²) < 4.78 is 0. The van der Waals surface area contributed by atoms with Crippen LogP contribution in [0.4, 0.5) is 5.00 Å². The number of carbonyl (C=O) groups excluding carboxylic acids is 3. The number of hydrogen-bond acceptors (Lipinski definition) is 4. The average Bonchev–Trinajstić information content (AvgIpc) is 3.15. The van der Waals surface area contributed by atoms with E-state index in [1.54, 1.807) is 11.3 Å². The van der Waals surface area contributed by atoms with Crippen molar-refractivity contribution in [2.24, 2.45) is 23.0 Å². The highest BCUT2D eigenvalue weighted by Crippen LogP contribution is 2.45.